The van der Waals surface area contributed by atoms with E-state index in [-0.39, 0.29) is 11.9 Å². The van der Waals surface area contributed by atoms with Gasteiger partial charge < -0.3 is 5.84 Å². The molecule has 1 unspecified atom stereocenters. The maximum Gasteiger partial charge on any atom is 0.353 e. The van der Waals surface area contributed by atoms with E-state index in [2.05, 4.69) is 5.10 Å². The van der Waals surface area contributed by atoms with Crippen molar-refractivity contribution in [3.05, 3.63) is 0 Å². The normalized spacial score (nSPS) is 13.9. The van der Waals surface area contributed by atoms with Gasteiger partial charge in [-0.15, -0.1) is 0 Å². The van der Waals surface area contributed by atoms with E-state index in [1.165, 1.54) is 0 Å². The highest BCUT2D eigenvalue weighted by Gasteiger charge is 2.31. The molecule has 0 saturated heterocycles. The molecule has 0 aromatic rings. The molecular formula is C9H19N2O4PS2. The first kappa shape index (κ1) is 18.0. The third-order valence-corrected chi connectivity index (χ3v) is 5.88. The van der Waals surface area contributed by atoms with Crippen LogP contribution in [0.1, 0.15) is 20.8 Å². The lowest BCUT2D eigenvalue weighted by Crippen LogP contribution is -2.17. The van der Waals surface area contributed by atoms with E-state index in [0.29, 0.717) is 11.5 Å². The molecule has 0 aliphatic heterocycles. The summed E-state index contributed by atoms with van der Waals surface area (Å²) in [4.78, 5) is 11.5. The topological polar surface area (TPSA) is 91.0 Å². The van der Waals surface area contributed by atoms with E-state index in [0.717, 1.165) is 30.3 Å². The number of hydrazone groups is 1. The van der Waals surface area contributed by atoms with Crippen molar-refractivity contribution in [2.75, 3.05) is 17.7 Å². The number of Topliss-reactive ketones (excluding diaryl/α,β-unsaturated/α-hetero) is 1. The summed E-state index contributed by atoms with van der Waals surface area (Å²) in [7, 11) is -3.28. The van der Waals surface area contributed by atoms with Crippen LogP contribution in [0.2, 0.25) is 0 Å². The minimum absolute atomic E-state index is 0.0118. The van der Waals surface area contributed by atoms with E-state index in [9.17, 15) is 9.36 Å². The SMILES string of the molecule is CCSOP(=O)(CC(C)C(=O)C=NN)OSCC. The second-order valence-corrected chi connectivity index (χ2v) is 7.74. The summed E-state index contributed by atoms with van der Waals surface area (Å²) in [6.07, 6.45) is 1.02. The summed E-state index contributed by atoms with van der Waals surface area (Å²) >= 11 is 2.12. The Morgan fingerprint density at radius 1 is 1.39 bits per heavy atom. The Balaban J connectivity index is 4.56. The van der Waals surface area contributed by atoms with Gasteiger partial charge in [0.1, 0.15) is 0 Å². The number of hydrogen-bond acceptors (Lipinski definition) is 8. The smallest absolute Gasteiger partial charge is 0.323 e. The highest BCUT2D eigenvalue weighted by molar-refractivity contribution is 8.01. The number of nitrogens with two attached hydrogens (primary N) is 1. The average Bonchev–Trinajstić information content (AvgIpc) is 2.34. The summed E-state index contributed by atoms with van der Waals surface area (Å²) in [6.45, 7) is 5.38. The van der Waals surface area contributed by atoms with Crippen molar-refractivity contribution in [1.29, 1.82) is 0 Å². The van der Waals surface area contributed by atoms with Crippen LogP contribution < -0.4 is 5.84 Å². The highest BCUT2D eigenvalue weighted by atomic mass is 32.2. The minimum atomic E-state index is -3.28. The molecule has 1 atom stereocenters. The van der Waals surface area contributed by atoms with Gasteiger partial charge in [-0.3, -0.25) is 9.36 Å². The van der Waals surface area contributed by atoms with Gasteiger partial charge in [-0.2, -0.15) is 5.10 Å². The van der Waals surface area contributed by atoms with E-state index < -0.39 is 13.5 Å². The Morgan fingerprint density at radius 2 is 1.89 bits per heavy atom. The molecule has 18 heavy (non-hydrogen) atoms. The molecule has 0 radical (unpaired) electrons. The quantitative estimate of drug-likeness (QED) is 0.218. The molecular weight excluding hydrogens is 295 g/mol. The molecule has 106 valence electrons. The lowest BCUT2D eigenvalue weighted by molar-refractivity contribution is -0.115. The molecule has 0 heterocycles. The lowest BCUT2D eigenvalue weighted by Gasteiger charge is -2.18. The third-order valence-electron chi connectivity index (χ3n) is 1.75. The second-order valence-electron chi connectivity index (χ2n) is 3.34. The first-order chi connectivity index (χ1) is 8.49. The van der Waals surface area contributed by atoms with Gasteiger partial charge in [0.15, 0.2) is 5.78 Å². The summed E-state index contributed by atoms with van der Waals surface area (Å²) < 4.78 is 22.7. The van der Waals surface area contributed by atoms with Crippen LogP contribution in [0.25, 0.3) is 0 Å². The van der Waals surface area contributed by atoms with Crippen LogP contribution in [-0.4, -0.2) is 29.7 Å². The van der Waals surface area contributed by atoms with Crippen LogP contribution in [0.4, 0.5) is 0 Å². The molecule has 0 aromatic heterocycles. The van der Waals surface area contributed by atoms with Gasteiger partial charge in [0.05, 0.1) is 12.4 Å². The van der Waals surface area contributed by atoms with Crippen LogP contribution in [0.3, 0.4) is 0 Å². The van der Waals surface area contributed by atoms with Gasteiger partial charge in [0.2, 0.25) is 0 Å². The van der Waals surface area contributed by atoms with Crippen LogP contribution in [0, 0.1) is 5.92 Å². The molecule has 9 heteroatoms. The predicted molar refractivity (Wildman–Crippen MR) is 77.8 cm³/mol. The molecule has 0 bridgehead atoms. The van der Waals surface area contributed by atoms with Gasteiger partial charge in [-0.05, 0) is 0 Å². The zero-order chi connectivity index (χ0) is 14.0. The summed E-state index contributed by atoms with van der Waals surface area (Å²) in [6, 6.07) is 0. The summed E-state index contributed by atoms with van der Waals surface area (Å²) in [5.74, 6) is 5.39. The predicted octanol–water partition coefficient (Wildman–Crippen LogP) is 2.70. The Labute approximate surface area is 116 Å². The van der Waals surface area contributed by atoms with Crippen LogP contribution in [0.5, 0.6) is 0 Å². The molecule has 0 spiro atoms. The first-order valence-electron chi connectivity index (χ1n) is 5.47. The fourth-order valence-electron chi connectivity index (χ4n) is 0.965. The molecule has 0 saturated carbocycles. The van der Waals surface area contributed by atoms with Gasteiger partial charge in [0, 0.05) is 41.5 Å². The van der Waals surface area contributed by atoms with Gasteiger partial charge in [-0.1, -0.05) is 20.8 Å². The van der Waals surface area contributed by atoms with Crippen molar-refractivity contribution >= 4 is 43.7 Å². The summed E-state index contributed by atoms with van der Waals surface area (Å²) in [5.41, 5.74) is 0. The maximum absolute atomic E-state index is 12.3. The average molecular weight is 314 g/mol. The Hall–Kier alpha value is -0.0100. The Bertz CT molecular complexity index is 316. The fourth-order valence-corrected chi connectivity index (χ4v) is 4.75. The number of hydrogen-bond donors (Lipinski definition) is 1. The molecule has 0 amide bonds. The van der Waals surface area contributed by atoms with Crippen LogP contribution in [0.15, 0.2) is 5.10 Å². The first-order valence-corrected chi connectivity index (χ1v) is 9.02. The second kappa shape index (κ2) is 9.86. The van der Waals surface area contributed by atoms with Crippen molar-refractivity contribution in [3.63, 3.8) is 0 Å². The van der Waals surface area contributed by atoms with Gasteiger partial charge >= 0.3 is 7.60 Å². The number of nitrogens with zero attached hydrogens (tertiary/aromatic N) is 1. The van der Waals surface area contributed by atoms with Crippen LogP contribution >= 0.6 is 31.7 Å². The van der Waals surface area contributed by atoms with Gasteiger partial charge in [0.25, 0.3) is 0 Å². The van der Waals surface area contributed by atoms with Crippen molar-refractivity contribution in [3.8, 4) is 0 Å². The molecule has 0 aliphatic rings. The zero-order valence-corrected chi connectivity index (χ0v) is 13.2. The molecule has 0 aliphatic carbocycles. The van der Waals surface area contributed by atoms with Crippen molar-refractivity contribution in [2.45, 2.75) is 20.8 Å². The maximum atomic E-state index is 12.3. The fraction of sp³-hybridized carbons (Fsp3) is 0.778. The number of carbonyl (C=O) groups excluding carboxylic acids is 1. The highest BCUT2D eigenvalue weighted by Crippen LogP contribution is 2.55. The minimum Gasteiger partial charge on any atom is -0.323 e. The van der Waals surface area contributed by atoms with E-state index in [1.54, 1.807) is 6.92 Å². The lowest BCUT2D eigenvalue weighted by atomic mass is 10.1. The zero-order valence-electron chi connectivity index (χ0n) is 10.7. The molecule has 6 nitrogen and oxygen atoms in total. The van der Waals surface area contributed by atoms with Gasteiger partial charge in [-0.25, -0.2) is 7.94 Å². The Kier molecular flexibility index (Phi) is 9.85. The number of ketones is 1. The van der Waals surface area contributed by atoms with E-state index in [1.807, 2.05) is 13.8 Å². The van der Waals surface area contributed by atoms with Crippen LogP contribution in [-0.2, 0) is 17.3 Å². The molecule has 0 rings (SSSR count). The van der Waals surface area contributed by atoms with Crippen molar-refractivity contribution < 1.29 is 17.3 Å². The summed E-state index contributed by atoms with van der Waals surface area (Å²) in [5, 5.41) is 3.15. The van der Waals surface area contributed by atoms with Crippen molar-refractivity contribution in [2.24, 2.45) is 16.9 Å². The van der Waals surface area contributed by atoms with E-state index in [4.69, 9.17) is 13.8 Å². The molecule has 0 fully saturated rings. The Morgan fingerprint density at radius 3 is 2.28 bits per heavy atom. The standard InChI is InChI=1S/C9H19N2O4PS2/c1-4-17-14-16(13,15-18-5-2)7-8(3)9(12)6-11-10/h6,8H,4-5,7,10H2,1-3H3. The molecule has 2 N–H and O–H groups in total. The van der Waals surface area contributed by atoms with E-state index >= 15 is 0 Å². The number of rotatable bonds is 10. The van der Waals surface area contributed by atoms with Crippen molar-refractivity contribution in [1.82, 2.24) is 0 Å². The third kappa shape index (κ3) is 7.43. The monoisotopic (exact) mass is 314 g/mol. The largest absolute Gasteiger partial charge is 0.353 e. The number of carbonyl (C=O) groups is 1. The molecule has 0 aromatic carbocycles.